The predicted octanol–water partition coefficient (Wildman–Crippen LogP) is 15.3. The molecule has 0 fully saturated rings. The molecule has 36 heteroatoms. The summed E-state index contributed by atoms with van der Waals surface area (Å²) < 4.78 is 464. The van der Waals surface area contributed by atoms with Crippen LogP contribution in [0.25, 0.3) is 50.3 Å². The number of nitrogens with one attached hydrogen (secondary N) is 4. The Hall–Kier alpha value is -12.0. The van der Waals surface area contributed by atoms with Crippen LogP contribution in [0.2, 0.25) is 0 Å². The zero-order chi connectivity index (χ0) is 73.5. The minimum absolute atomic E-state index is 0.313. The van der Waals surface area contributed by atoms with Crippen LogP contribution in [0.1, 0.15) is 50.6 Å². The quantitative estimate of drug-likeness (QED) is 0.0784. The molecule has 102 heavy (non-hydrogen) atoms. The molecule has 0 amide bonds. The van der Waals surface area contributed by atoms with Crippen LogP contribution >= 0.6 is 0 Å². The molecular weight excluding hydrogens is 1440 g/mol. The maximum atomic E-state index is 16.6. The van der Waals surface area contributed by atoms with Crippen molar-refractivity contribution >= 4 is 44.5 Å². The molecule has 14 rings (SSSR count). The number of halogens is 29. The van der Waals surface area contributed by atoms with Gasteiger partial charge in [-0.1, -0.05) is 0 Å². The number of hydrogen-bond acceptors (Lipinski definition) is 3. The van der Waals surface area contributed by atoms with Gasteiger partial charge in [0.2, 0.25) is 40.7 Å². The standard InChI is InChI=1S/C66H15F29N6O/c67-36-30(37(68)48(79)58(89)47(36)78)24-12-1-2-13(96-12)25(31-38(69)49(80)59(90)50(81)39(31)70)15-5-6-17(98-15)27(33-42(73)53(84)61(92)54(85)43(33)74)19-9-10-21(100-19)29-35-46(77)57(88)63(94)64(95)66(35)102-23-11-22(101-65(23)29)28(34-44(75)55(86)62(93)56(87)45(34)76)20-8-7-18(99-20)26(16-4-3-14(24)97-16)32-40(71)51(82)60(91)52(83)41(32)72/h1-11,97-100H. The van der Waals surface area contributed by atoms with Crippen molar-refractivity contribution in [3.05, 3.63) is 324 Å². The number of hydrogen-bond donors (Lipinski definition) is 4. The summed E-state index contributed by atoms with van der Waals surface area (Å²) in [6, 6.07) is 3.98. The molecule has 10 aromatic rings. The molecule has 4 aromatic heterocycles. The summed E-state index contributed by atoms with van der Waals surface area (Å²) in [5.41, 5.74) is -28.8. The van der Waals surface area contributed by atoms with Gasteiger partial charge < -0.3 is 24.4 Å². The molecule has 4 aliphatic heterocycles. The first-order valence-electron chi connectivity index (χ1n) is 27.7. The second-order valence-electron chi connectivity index (χ2n) is 21.7. The molecule has 0 unspecified atom stereocenters. The van der Waals surface area contributed by atoms with Crippen LogP contribution in [0.5, 0.6) is 0 Å². The zero-order valence-electron chi connectivity index (χ0n) is 48.1. The van der Waals surface area contributed by atoms with E-state index in [1.165, 1.54) is 0 Å². The van der Waals surface area contributed by atoms with Crippen molar-refractivity contribution in [2.75, 3.05) is 0 Å². The van der Waals surface area contributed by atoms with Crippen LogP contribution in [0.3, 0.4) is 0 Å². The maximum absolute atomic E-state index is 16.6. The summed E-state index contributed by atoms with van der Waals surface area (Å²) >= 11 is 0. The van der Waals surface area contributed by atoms with Gasteiger partial charge in [-0.2, -0.15) is 4.39 Å². The molecule has 4 N–H and O–H groups in total. The van der Waals surface area contributed by atoms with Gasteiger partial charge in [0.25, 0.3) is 0 Å². The number of nitrogens with zero attached hydrogens (tertiary/aromatic N) is 2. The summed E-state index contributed by atoms with van der Waals surface area (Å²) in [5.74, 6) is -82.5. The van der Waals surface area contributed by atoms with Crippen LogP contribution in [0.15, 0.2) is 81.9 Å². The van der Waals surface area contributed by atoms with Crippen LogP contribution in [0.4, 0.5) is 127 Å². The van der Waals surface area contributed by atoms with Gasteiger partial charge >= 0.3 is 0 Å². The van der Waals surface area contributed by atoms with E-state index in [-0.39, 0.29) is 0 Å². The van der Waals surface area contributed by atoms with E-state index in [2.05, 4.69) is 29.9 Å². The third-order valence-electron chi connectivity index (χ3n) is 16.3. The number of aromatic nitrogens is 5. The third-order valence-corrected chi connectivity index (χ3v) is 16.3. The third kappa shape index (κ3) is 9.48. The SMILES string of the molecule is Fc1c(F)c(F)c(C2=C3C=CC(=N3)C(c3c(F)c(F)c(F)c(F)c3F)=c3ccc([nH]3)=C(c3c(F)c(F)c(F)c(F)c3F)c3ccc([nH]3)C(c3c(F)c(F)c(F)c(F)c3F)=c3cc4oc5c(F)c(F)c(F)c(F)c5c(c-4n3)=c3ccc([nH]3)=C(c3c(F)c(F)c(F)c(F)c3F)c3ccc2[nH]3)c(F)c1F. The molecule has 7 nitrogen and oxygen atoms in total. The monoisotopic (exact) mass is 1460 g/mol. The molecule has 518 valence electrons. The molecular formula is C66H15F29N6O. The Morgan fingerprint density at radius 2 is 0.559 bits per heavy atom. The van der Waals surface area contributed by atoms with Crippen molar-refractivity contribution in [3.63, 3.8) is 0 Å². The Labute approximate surface area is 540 Å². The lowest BCUT2D eigenvalue weighted by molar-refractivity contribution is 0.376. The highest BCUT2D eigenvalue weighted by Gasteiger charge is 2.39. The lowest BCUT2D eigenvalue weighted by Gasteiger charge is -2.14. The van der Waals surface area contributed by atoms with Gasteiger partial charge in [0, 0.05) is 83.3 Å². The lowest BCUT2D eigenvalue weighted by Crippen LogP contribution is -2.23. The van der Waals surface area contributed by atoms with E-state index in [0.29, 0.717) is 66.7 Å². The highest BCUT2D eigenvalue weighted by Crippen LogP contribution is 2.43. The summed E-state index contributed by atoms with van der Waals surface area (Å²) in [5, 5.41) is -8.92. The smallest absolute Gasteiger partial charge is 0.205 e. The second kappa shape index (κ2) is 23.6. The molecule has 0 saturated carbocycles. The molecule has 12 bridgehead atoms. The first kappa shape index (κ1) is 67.2. The van der Waals surface area contributed by atoms with Crippen LogP contribution < -0.4 is 21.4 Å². The number of rotatable bonds is 5. The van der Waals surface area contributed by atoms with E-state index in [1.54, 1.807) is 0 Å². The Bertz CT molecular complexity index is 6180. The highest BCUT2D eigenvalue weighted by atomic mass is 19.2. The highest BCUT2D eigenvalue weighted by molar-refractivity contribution is 6.30. The van der Waals surface area contributed by atoms with Crippen molar-refractivity contribution in [2.24, 2.45) is 4.99 Å². The van der Waals surface area contributed by atoms with Crippen molar-refractivity contribution in [1.82, 2.24) is 24.9 Å². The fourth-order valence-corrected chi connectivity index (χ4v) is 11.7. The number of aromatic amines is 4. The first-order chi connectivity index (χ1) is 48.2. The van der Waals surface area contributed by atoms with Gasteiger partial charge in [0.15, 0.2) is 139 Å². The molecule has 6 aromatic carbocycles. The largest absolute Gasteiger partial charge is 0.451 e. The average molecular weight is 1460 g/mol. The van der Waals surface area contributed by atoms with E-state index in [4.69, 9.17) is 4.42 Å². The van der Waals surface area contributed by atoms with Gasteiger partial charge in [0.05, 0.1) is 50.0 Å². The Morgan fingerprint density at radius 3 is 0.961 bits per heavy atom. The van der Waals surface area contributed by atoms with Crippen molar-refractivity contribution in [2.45, 2.75) is 0 Å². The van der Waals surface area contributed by atoms with Gasteiger partial charge in [-0.25, -0.2) is 133 Å². The van der Waals surface area contributed by atoms with Gasteiger partial charge in [-0.3, -0.25) is 0 Å². The zero-order valence-corrected chi connectivity index (χ0v) is 48.1. The Morgan fingerprint density at radius 1 is 0.265 bits per heavy atom. The molecule has 0 atom stereocenters. The van der Waals surface area contributed by atoms with Crippen molar-refractivity contribution in [1.29, 1.82) is 0 Å². The number of fused-ring (bicyclic) bond motifs is 12. The summed E-state index contributed by atoms with van der Waals surface area (Å²) in [6.07, 6.45) is 0.792. The van der Waals surface area contributed by atoms with Crippen LogP contribution in [0, 0.1) is 179 Å². The average Bonchev–Trinajstić information content (AvgIpc) is 1.54. The van der Waals surface area contributed by atoms with Crippen LogP contribution in [-0.2, 0) is 0 Å². The first-order valence-corrected chi connectivity index (χ1v) is 27.7. The van der Waals surface area contributed by atoms with E-state index in [9.17, 15) is 22.0 Å². The van der Waals surface area contributed by atoms with Crippen molar-refractivity contribution < 1.29 is 132 Å². The molecule has 0 aliphatic carbocycles. The molecule has 0 spiro atoms. The predicted molar refractivity (Wildman–Crippen MR) is 291 cm³/mol. The lowest BCUT2D eigenvalue weighted by atomic mass is 9.98. The molecule has 8 heterocycles. The second-order valence-corrected chi connectivity index (χ2v) is 21.7. The Balaban J connectivity index is 1.27. The molecule has 4 aliphatic rings. The maximum Gasteiger partial charge on any atom is 0.205 e. The fourth-order valence-electron chi connectivity index (χ4n) is 11.7. The summed E-state index contributed by atoms with van der Waals surface area (Å²) in [7, 11) is 0. The number of H-pyrrole nitrogens is 4. The fraction of sp³-hybridized carbons (Fsp3) is 0. The van der Waals surface area contributed by atoms with Gasteiger partial charge in [-0.05, 0) is 60.7 Å². The molecule has 0 saturated heterocycles. The van der Waals surface area contributed by atoms with E-state index in [0.717, 1.165) is 0 Å². The van der Waals surface area contributed by atoms with E-state index >= 15 is 105 Å². The summed E-state index contributed by atoms with van der Waals surface area (Å²) in [4.78, 5) is 16.6. The van der Waals surface area contributed by atoms with Gasteiger partial charge in [-0.15, -0.1) is 0 Å². The molecule has 0 radical (unpaired) electrons. The van der Waals surface area contributed by atoms with E-state index in [1.807, 2.05) is 0 Å². The van der Waals surface area contributed by atoms with E-state index < -0.39 is 313 Å². The topological polar surface area (TPSA) is 102 Å². The normalized spacial score (nSPS) is 13.4. The minimum Gasteiger partial charge on any atom is -0.451 e. The minimum atomic E-state index is -2.90. The number of benzene rings is 6. The Kier molecular flexibility index (Phi) is 15.5. The van der Waals surface area contributed by atoms with Gasteiger partial charge in [0.1, 0.15) is 5.69 Å². The van der Waals surface area contributed by atoms with Crippen LogP contribution in [-0.4, -0.2) is 30.6 Å². The summed E-state index contributed by atoms with van der Waals surface area (Å²) in [6.45, 7) is 0. The number of aliphatic imine (C=N–C) groups is 1. The van der Waals surface area contributed by atoms with Crippen molar-refractivity contribution in [3.8, 4) is 11.5 Å². The number of allylic oxidation sites excluding steroid dienone is 2.